The molecule has 4 atom stereocenters. The van der Waals surface area contributed by atoms with Gasteiger partial charge in [-0.05, 0) is 0 Å². The first-order chi connectivity index (χ1) is 15.7. The molecule has 0 bridgehead atoms. The smallest absolute Gasteiger partial charge is 0.650 e. The number of benzene rings is 4. The van der Waals surface area contributed by atoms with Crippen molar-refractivity contribution in [2.24, 2.45) is 0 Å². The van der Waals surface area contributed by atoms with E-state index in [0.717, 1.165) is 0 Å². The summed E-state index contributed by atoms with van der Waals surface area (Å²) >= 11 is 0. The molecule has 4 heteroatoms. The average Bonchev–Trinajstić information content (AvgIpc) is 2.88. The van der Waals surface area contributed by atoms with Crippen LogP contribution in [0.5, 0.6) is 0 Å². The summed E-state index contributed by atoms with van der Waals surface area (Å²) in [6.45, 7) is 4.35. The van der Waals surface area contributed by atoms with Gasteiger partial charge in [0.25, 0.3) is 0 Å². The van der Waals surface area contributed by atoms with Crippen LogP contribution in [0.4, 0.5) is 0 Å². The molecule has 0 aliphatic carbocycles. The van der Waals surface area contributed by atoms with Crippen molar-refractivity contribution in [3.05, 3.63) is 154 Å². The van der Waals surface area contributed by atoms with E-state index in [0.29, 0.717) is 0 Å². The summed E-state index contributed by atoms with van der Waals surface area (Å²) in [6, 6.07) is 42.1. The van der Waals surface area contributed by atoms with Crippen LogP contribution in [0, 0.1) is 0 Å². The molecule has 0 aliphatic heterocycles. The molecular formula is C30H30Li2N2. The zero-order valence-electron chi connectivity index (χ0n) is 20.8. The molecule has 0 spiro atoms. The van der Waals surface area contributed by atoms with E-state index in [1.165, 1.54) is 22.3 Å². The fourth-order valence-electron chi connectivity index (χ4n) is 4.12. The van der Waals surface area contributed by atoms with Crippen LogP contribution in [0.15, 0.2) is 121 Å². The van der Waals surface area contributed by atoms with Crippen LogP contribution in [0.25, 0.3) is 10.6 Å². The number of nitrogens with zero attached hydrogens (tertiary/aromatic N) is 2. The third-order valence-corrected chi connectivity index (χ3v) is 5.91. The van der Waals surface area contributed by atoms with Crippen molar-refractivity contribution in [2.45, 2.75) is 38.0 Å². The third kappa shape index (κ3) is 7.50. The van der Waals surface area contributed by atoms with E-state index in [2.05, 4.69) is 135 Å². The minimum absolute atomic E-state index is 0. The Kier molecular flexibility index (Phi) is 12.0. The van der Waals surface area contributed by atoms with Crippen LogP contribution in [-0.4, -0.2) is 0 Å². The first-order valence-corrected chi connectivity index (χ1v) is 11.3. The van der Waals surface area contributed by atoms with Crippen LogP contribution >= 0.6 is 0 Å². The molecule has 4 aromatic carbocycles. The Morgan fingerprint density at radius 1 is 0.382 bits per heavy atom. The van der Waals surface area contributed by atoms with Gasteiger partial charge in [0.05, 0.1) is 0 Å². The minimum atomic E-state index is -0.0834. The van der Waals surface area contributed by atoms with Gasteiger partial charge < -0.3 is 10.6 Å². The largest absolute Gasteiger partial charge is 1.00 e. The van der Waals surface area contributed by atoms with E-state index in [1.807, 2.05) is 0 Å². The van der Waals surface area contributed by atoms with Crippen molar-refractivity contribution in [2.75, 3.05) is 0 Å². The van der Waals surface area contributed by atoms with Crippen LogP contribution in [0.1, 0.15) is 60.3 Å². The first-order valence-electron chi connectivity index (χ1n) is 11.3. The summed E-state index contributed by atoms with van der Waals surface area (Å²) in [5, 5.41) is 10.7. The van der Waals surface area contributed by atoms with Gasteiger partial charge in [-0.1, -0.05) is 157 Å². The van der Waals surface area contributed by atoms with E-state index >= 15 is 0 Å². The van der Waals surface area contributed by atoms with Crippen LogP contribution in [-0.2, 0) is 0 Å². The zero-order valence-corrected chi connectivity index (χ0v) is 20.8. The van der Waals surface area contributed by atoms with Crippen molar-refractivity contribution in [3.8, 4) is 0 Å². The van der Waals surface area contributed by atoms with Gasteiger partial charge in [-0.25, -0.2) is 0 Å². The van der Waals surface area contributed by atoms with Gasteiger partial charge in [0.2, 0.25) is 0 Å². The van der Waals surface area contributed by atoms with Gasteiger partial charge in [0.1, 0.15) is 0 Å². The number of hydrogen-bond donors (Lipinski definition) is 0. The maximum Gasteiger partial charge on any atom is 1.00 e. The molecule has 0 aliphatic rings. The molecule has 0 heterocycles. The normalized spacial score (nSPS) is 14.1. The Balaban J connectivity index is 0.00000204. The Labute approximate surface area is 228 Å². The van der Waals surface area contributed by atoms with Gasteiger partial charge in [-0.15, -0.1) is 24.2 Å². The number of hydrogen-bond acceptors (Lipinski definition) is 0. The summed E-state index contributed by atoms with van der Waals surface area (Å²) in [6.07, 6.45) is 0. The van der Waals surface area contributed by atoms with Crippen LogP contribution in [0.3, 0.4) is 0 Å². The molecule has 4 aromatic rings. The SMILES string of the molecule is C[C@@H]([N-]C(c1ccccc1)C([N-][C@H](C)c1ccccc1)c1ccccc1)c1ccccc1.[Li+].[Li+]. The average molecular weight is 432 g/mol. The van der Waals surface area contributed by atoms with Gasteiger partial charge in [-0.3, -0.25) is 0 Å². The summed E-state index contributed by atoms with van der Waals surface area (Å²) in [5.74, 6) is 0. The molecule has 2 nitrogen and oxygen atoms in total. The molecule has 0 amide bonds. The molecule has 2 unspecified atom stereocenters. The Morgan fingerprint density at radius 3 is 0.882 bits per heavy atom. The van der Waals surface area contributed by atoms with E-state index in [1.54, 1.807) is 0 Å². The predicted molar refractivity (Wildman–Crippen MR) is 135 cm³/mol. The molecular weight excluding hydrogens is 402 g/mol. The van der Waals surface area contributed by atoms with Crippen molar-refractivity contribution in [1.29, 1.82) is 0 Å². The number of rotatable bonds is 9. The summed E-state index contributed by atoms with van der Waals surface area (Å²) < 4.78 is 0. The Bertz CT molecular complexity index is 971. The second-order valence-electron chi connectivity index (χ2n) is 8.18. The van der Waals surface area contributed by atoms with Crippen molar-refractivity contribution in [1.82, 2.24) is 0 Å². The van der Waals surface area contributed by atoms with Crippen LogP contribution in [0.2, 0.25) is 0 Å². The molecule has 0 N–H and O–H groups in total. The fraction of sp³-hybridized carbons (Fsp3) is 0.200. The second-order valence-corrected chi connectivity index (χ2v) is 8.18. The van der Waals surface area contributed by atoms with Gasteiger partial charge in [0, 0.05) is 0 Å². The second kappa shape index (κ2) is 14.4. The summed E-state index contributed by atoms with van der Waals surface area (Å²) in [4.78, 5) is 0. The van der Waals surface area contributed by atoms with E-state index in [-0.39, 0.29) is 61.9 Å². The third-order valence-electron chi connectivity index (χ3n) is 5.91. The first kappa shape index (κ1) is 28.2. The zero-order chi connectivity index (χ0) is 22.2. The van der Waals surface area contributed by atoms with E-state index in [4.69, 9.17) is 10.6 Å². The Morgan fingerprint density at radius 2 is 0.618 bits per heavy atom. The van der Waals surface area contributed by atoms with Crippen molar-refractivity contribution in [3.63, 3.8) is 0 Å². The minimum Gasteiger partial charge on any atom is -0.650 e. The quantitative estimate of drug-likeness (QED) is 0.364. The Hall–Kier alpha value is -2.01. The molecule has 0 radical (unpaired) electrons. The van der Waals surface area contributed by atoms with Gasteiger partial charge in [0.15, 0.2) is 0 Å². The van der Waals surface area contributed by atoms with Crippen LogP contribution < -0.4 is 37.7 Å². The molecule has 34 heavy (non-hydrogen) atoms. The van der Waals surface area contributed by atoms with Crippen molar-refractivity contribution >= 4 is 0 Å². The van der Waals surface area contributed by atoms with Gasteiger partial charge >= 0.3 is 37.7 Å². The summed E-state index contributed by atoms with van der Waals surface area (Å²) in [5.41, 5.74) is 4.81. The standard InChI is InChI=1S/C30H30N2.2Li/c1-23(25-15-7-3-8-16-25)31-29(27-19-11-5-12-20-27)30(28-21-13-6-14-22-28)32-24(2)26-17-9-4-10-18-26;;/h3-24,29-30H,1-2H3;;/q-2;2*+1/t23-,24-,29?,30?;;/m1../s1. The maximum absolute atomic E-state index is 5.35. The monoisotopic (exact) mass is 432 g/mol. The van der Waals surface area contributed by atoms with Gasteiger partial charge in [-0.2, -0.15) is 0 Å². The van der Waals surface area contributed by atoms with E-state index < -0.39 is 0 Å². The molecule has 162 valence electrons. The molecule has 0 saturated carbocycles. The topological polar surface area (TPSA) is 28.2 Å². The van der Waals surface area contributed by atoms with Crippen molar-refractivity contribution < 1.29 is 37.7 Å². The molecule has 4 rings (SSSR count). The molecule has 0 fully saturated rings. The predicted octanol–water partition coefficient (Wildman–Crippen LogP) is 2.75. The summed E-state index contributed by atoms with van der Waals surface area (Å²) in [7, 11) is 0. The molecule has 0 aromatic heterocycles. The maximum atomic E-state index is 5.35. The molecule has 0 saturated heterocycles. The fourth-order valence-corrected chi connectivity index (χ4v) is 4.12. The van der Waals surface area contributed by atoms with E-state index in [9.17, 15) is 0 Å².